The number of thiophene rings is 1. The fraction of sp³-hybridized carbons (Fsp3) is 0.344. The normalized spacial score (nSPS) is 12.8. The van der Waals surface area contributed by atoms with E-state index in [1.54, 1.807) is 26.0 Å². The number of benzene rings is 2. The van der Waals surface area contributed by atoms with E-state index in [2.05, 4.69) is 20.8 Å². The number of aromatic nitrogens is 3. The lowest BCUT2D eigenvalue weighted by atomic mass is 10.1. The zero-order valence-corrected chi connectivity index (χ0v) is 26.8. The summed E-state index contributed by atoms with van der Waals surface area (Å²) in [6.07, 6.45) is 2.69. The third kappa shape index (κ3) is 7.13. The molecule has 2 N–H and O–H groups in total. The van der Waals surface area contributed by atoms with Crippen LogP contribution in [0.5, 0.6) is 5.75 Å². The van der Waals surface area contributed by atoms with Crippen molar-refractivity contribution in [2.75, 3.05) is 18.5 Å². The predicted octanol–water partition coefficient (Wildman–Crippen LogP) is 5.43. The second-order valence-corrected chi connectivity index (χ2v) is 12.8. The monoisotopic (exact) mass is 633 g/mol. The minimum atomic E-state index is -0.572. The van der Waals surface area contributed by atoms with E-state index in [0.29, 0.717) is 27.3 Å². The van der Waals surface area contributed by atoms with Crippen LogP contribution in [0.4, 0.5) is 5.00 Å². The summed E-state index contributed by atoms with van der Waals surface area (Å²) in [4.78, 5) is 39.9. The maximum atomic E-state index is 13.5. The molecule has 2 heterocycles. The summed E-state index contributed by atoms with van der Waals surface area (Å²) in [5, 5.41) is 15.1. The second-order valence-electron chi connectivity index (χ2n) is 10.4. The van der Waals surface area contributed by atoms with Gasteiger partial charge in [-0.3, -0.25) is 14.2 Å². The van der Waals surface area contributed by atoms with Crippen molar-refractivity contribution in [1.29, 1.82) is 0 Å². The van der Waals surface area contributed by atoms with E-state index in [-0.39, 0.29) is 31.6 Å². The largest absolute Gasteiger partial charge is 0.484 e. The molecule has 0 unspecified atom stereocenters. The van der Waals surface area contributed by atoms with Gasteiger partial charge in [0.1, 0.15) is 10.8 Å². The average Bonchev–Trinajstić information content (AvgIpc) is 3.71. The third-order valence-electron chi connectivity index (χ3n) is 7.15. The lowest BCUT2D eigenvalue weighted by molar-refractivity contribution is -0.123. The molecule has 12 heteroatoms. The van der Waals surface area contributed by atoms with Gasteiger partial charge in [0.05, 0.1) is 29.7 Å². The number of carbonyl (C=O) groups is 3. The molecule has 0 bridgehead atoms. The summed E-state index contributed by atoms with van der Waals surface area (Å²) in [5.41, 5.74) is 4.35. The number of nitrogens with zero attached hydrogens (tertiary/aromatic N) is 3. The van der Waals surface area contributed by atoms with Crippen LogP contribution in [0.1, 0.15) is 58.0 Å². The number of aryl methyl sites for hydroxylation is 3. The van der Waals surface area contributed by atoms with Gasteiger partial charge in [0, 0.05) is 4.88 Å². The van der Waals surface area contributed by atoms with E-state index in [0.717, 1.165) is 46.5 Å². The molecule has 1 aliphatic carbocycles. The van der Waals surface area contributed by atoms with Crippen LogP contribution in [-0.4, -0.2) is 51.0 Å². The number of esters is 1. The summed E-state index contributed by atoms with van der Waals surface area (Å²) in [6.45, 7) is 7.78. The molecule has 0 saturated heterocycles. The molecule has 2 aromatic carbocycles. The molecule has 1 aliphatic rings. The van der Waals surface area contributed by atoms with Crippen LogP contribution < -0.4 is 15.4 Å². The highest BCUT2D eigenvalue weighted by atomic mass is 32.2. The van der Waals surface area contributed by atoms with Gasteiger partial charge in [-0.15, -0.1) is 21.5 Å². The highest BCUT2D eigenvalue weighted by molar-refractivity contribution is 8.00. The van der Waals surface area contributed by atoms with Crippen LogP contribution in [0, 0.1) is 13.8 Å². The molecule has 1 atom stereocenters. The van der Waals surface area contributed by atoms with Crippen LogP contribution in [0.2, 0.25) is 0 Å². The second kappa shape index (κ2) is 14.1. The quantitative estimate of drug-likeness (QED) is 0.157. The van der Waals surface area contributed by atoms with Gasteiger partial charge in [0.2, 0.25) is 5.91 Å². The highest BCUT2D eigenvalue weighted by Gasteiger charge is 2.30. The van der Waals surface area contributed by atoms with Crippen LogP contribution in [0.15, 0.2) is 53.7 Å². The Bertz CT molecular complexity index is 1670. The van der Waals surface area contributed by atoms with Gasteiger partial charge in [-0.25, -0.2) is 4.79 Å². The summed E-state index contributed by atoms with van der Waals surface area (Å²) in [7, 11) is 0. The number of anilines is 1. The minimum absolute atomic E-state index is 0.113. The number of fused-ring (bicyclic) bond motifs is 1. The number of carbonyl (C=O) groups excluding carboxylic acids is 3. The summed E-state index contributed by atoms with van der Waals surface area (Å²) >= 11 is 2.70. The number of para-hydroxylation sites is 1. The number of hydrogen-bond acceptors (Lipinski definition) is 9. The molecule has 0 fully saturated rings. The molecule has 44 heavy (non-hydrogen) atoms. The predicted molar refractivity (Wildman–Crippen MR) is 171 cm³/mol. The number of nitrogens with one attached hydrogen (secondary N) is 2. The molecule has 5 rings (SSSR count). The van der Waals surface area contributed by atoms with Crippen molar-refractivity contribution < 1.29 is 23.9 Å². The lowest BCUT2D eigenvalue weighted by Gasteiger charge is -2.16. The Morgan fingerprint density at radius 2 is 1.89 bits per heavy atom. The van der Waals surface area contributed by atoms with Crippen LogP contribution in [-0.2, 0) is 33.7 Å². The fourth-order valence-corrected chi connectivity index (χ4v) is 7.08. The minimum Gasteiger partial charge on any atom is -0.484 e. The molecule has 0 spiro atoms. The van der Waals surface area contributed by atoms with Gasteiger partial charge in [0.25, 0.3) is 5.91 Å². The smallest absolute Gasteiger partial charge is 0.341 e. The summed E-state index contributed by atoms with van der Waals surface area (Å²) in [6, 6.07) is 15.2. The molecule has 2 aromatic heterocycles. The molecule has 0 radical (unpaired) electrons. The van der Waals surface area contributed by atoms with E-state index in [1.165, 1.54) is 23.1 Å². The van der Waals surface area contributed by atoms with Crippen LogP contribution in [0.25, 0.3) is 5.69 Å². The number of hydrogen-bond donors (Lipinski definition) is 2. The van der Waals surface area contributed by atoms with Crippen molar-refractivity contribution in [3.8, 4) is 11.4 Å². The van der Waals surface area contributed by atoms with E-state index in [9.17, 15) is 14.4 Å². The molecule has 230 valence electrons. The number of thioether (sulfide) groups is 1. The SMILES string of the molecule is CCOC(=O)c1c(NC(=O)[C@@H](C)Sc2nnc(CNC(=O)COc3ccccc3)n2-c2cc(C)ccc2C)sc2c1CCC2. The van der Waals surface area contributed by atoms with Crippen LogP contribution >= 0.6 is 23.1 Å². The lowest BCUT2D eigenvalue weighted by Crippen LogP contribution is -2.29. The van der Waals surface area contributed by atoms with Gasteiger partial charge in [-0.1, -0.05) is 42.1 Å². The first kappa shape index (κ1) is 31.3. The standard InChI is InChI=1S/C32H35N5O5S2/c1-5-41-31(40)28-23-12-9-13-25(23)44-30(28)34-29(39)21(4)43-32-36-35-26(37(32)24-16-19(2)14-15-20(24)3)17-33-27(38)18-42-22-10-7-6-8-11-22/h6-8,10-11,14-16,21H,5,9,12-13,17-18H2,1-4H3,(H,33,38)(H,34,39)/t21-/m1/s1. The van der Waals surface area contributed by atoms with Gasteiger partial charge in [-0.2, -0.15) is 0 Å². The van der Waals surface area contributed by atoms with Gasteiger partial charge >= 0.3 is 5.97 Å². The highest BCUT2D eigenvalue weighted by Crippen LogP contribution is 2.40. The van der Waals surface area contributed by atoms with Gasteiger partial charge < -0.3 is 20.1 Å². The maximum Gasteiger partial charge on any atom is 0.341 e. The number of ether oxygens (including phenoxy) is 2. The Kier molecular flexibility index (Phi) is 10.0. The number of amides is 2. The molecule has 0 saturated carbocycles. The van der Waals surface area contributed by atoms with E-state index in [4.69, 9.17) is 9.47 Å². The Morgan fingerprint density at radius 1 is 1.09 bits per heavy atom. The topological polar surface area (TPSA) is 124 Å². The zero-order chi connectivity index (χ0) is 31.2. The molecular weight excluding hydrogens is 599 g/mol. The van der Waals surface area contributed by atoms with Gasteiger partial charge in [0.15, 0.2) is 17.6 Å². The van der Waals surface area contributed by atoms with E-state index >= 15 is 0 Å². The van der Waals surface area contributed by atoms with Crippen molar-refractivity contribution in [1.82, 2.24) is 20.1 Å². The van der Waals surface area contributed by atoms with Crippen molar-refractivity contribution >= 4 is 45.9 Å². The maximum absolute atomic E-state index is 13.5. The molecule has 10 nitrogen and oxygen atoms in total. The average molecular weight is 634 g/mol. The molecular formula is C32H35N5O5S2. The van der Waals surface area contributed by atoms with Gasteiger partial charge in [-0.05, 0) is 81.8 Å². The van der Waals surface area contributed by atoms with Crippen molar-refractivity contribution in [3.63, 3.8) is 0 Å². The van der Waals surface area contributed by atoms with E-state index < -0.39 is 11.2 Å². The molecule has 0 aliphatic heterocycles. The third-order valence-corrected chi connectivity index (χ3v) is 9.40. The van der Waals surface area contributed by atoms with Crippen molar-refractivity contribution in [3.05, 3.63) is 81.5 Å². The van der Waals surface area contributed by atoms with Crippen molar-refractivity contribution in [2.45, 2.75) is 63.9 Å². The van der Waals surface area contributed by atoms with E-state index in [1.807, 2.05) is 54.8 Å². The van der Waals surface area contributed by atoms with Crippen molar-refractivity contribution in [2.24, 2.45) is 0 Å². The summed E-state index contributed by atoms with van der Waals surface area (Å²) < 4.78 is 12.7. The first-order valence-electron chi connectivity index (χ1n) is 14.5. The Labute approximate surface area is 264 Å². The zero-order valence-electron chi connectivity index (χ0n) is 25.1. The molecule has 4 aromatic rings. The first-order chi connectivity index (χ1) is 21.2. The molecule has 2 amide bonds. The fourth-order valence-electron chi connectivity index (χ4n) is 4.92. The number of rotatable bonds is 12. The van der Waals surface area contributed by atoms with Crippen LogP contribution in [0.3, 0.4) is 0 Å². The Morgan fingerprint density at radius 3 is 2.66 bits per heavy atom. The summed E-state index contributed by atoms with van der Waals surface area (Å²) in [5.74, 6) is 0.156. The first-order valence-corrected chi connectivity index (χ1v) is 16.2. The Balaban J connectivity index is 1.33. The Hall–Kier alpha value is -4.16.